The molecule has 1 aromatic rings. The van der Waals surface area contributed by atoms with Crippen LogP contribution in [0.4, 0.5) is 10.9 Å². The lowest BCUT2D eigenvalue weighted by Gasteiger charge is -2.20. The first kappa shape index (κ1) is 14.6. The zero-order chi connectivity index (χ0) is 15.0. The molecular weight excluding hydrogens is 286 g/mol. The zero-order valence-electron chi connectivity index (χ0n) is 12.6. The third-order valence-corrected chi connectivity index (χ3v) is 5.11. The fourth-order valence-corrected chi connectivity index (χ4v) is 3.72. The number of hydrogen-bond acceptors (Lipinski definition) is 6. The molecule has 1 aromatic heterocycles. The van der Waals surface area contributed by atoms with Gasteiger partial charge in [-0.25, -0.2) is 4.98 Å². The molecule has 0 spiro atoms. The Hall–Kier alpha value is -1.34. The largest absolute Gasteiger partial charge is 0.382 e. The molecule has 6 nitrogen and oxygen atoms in total. The Morgan fingerprint density at radius 1 is 1.52 bits per heavy atom. The van der Waals surface area contributed by atoms with Gasteiger partial charge in [-0.2, -0.15) is 0 Å². The molecule has 3 rings (SSSR count). The van der Waals surface area contributed by atoms with Crippen LogP contribution in [-0.2, 0) is 0 Å². The van der Waals surface area contributed by atoms with Crippen LogP contribution in [0.1, 0.15) is 28.9 Å². The number of nitrogens with one attached hydrogen (secondary N) is 1. The van der Waals surface area contributed by atoms with Crippen molar-refractivity contribution in [3.63, 3.8) is 0 Å². The Labute approximate surface area is 129 Å². The van der Waals surface area contributed by atoms with Crippen molar-refractivity contribution >= 4 is 28.2 Å². The molecule has 3 N–H and O–H groups in total. The Bertz CT molecular complexity index is 527. The summed E-state index contributed by atoms with van der Waals surface area (Å²) in [6.45, 7) is 2.96. The fourth-order valence-electron chi connectivity index (χ4n) is 2.77. The van der Waals surface area contributed by atoms with Gasteiger partial charge in [0.25, 0.3) is 5.91 Å². The van der Waals surface area contributed by atoms with Gasteiger partial charge in [-0.1, -0.05) is 11.3 Å². The average molecular weight is 309 g/mol. The highest BCUT2D eigenvalue weighted by Crippen LogP contribution is 2.31. The summed E-state index contributed by atoms with van der Waals surface area (Å²) < 4.78 is 0. The van der Waals surface area contributed by atoms with Crippen LogP contribution in [0.5, 0.6) is 0 Å². The molecule has 21 heavy (non-hydrogen) atoms. The summed E-state index contributed by atoms with van der Waals surface area (Å²) in [5.41, 5.74) is 5.91. The quantitative estimate of drug-likeness (QED) is 0.858. The number of aromatic nitrogens is 1. The first-order valence-corrected chi connectivity index (χ1v) is 8.31. The number of amides is 1. The van der Waals surface area contributed by atoms with Gasteiger partial charge in [0.05, 0.1) is 0 Å². The third kappa shape index (κ3) is 3.47. The van der Waals surface area contributed by atoms with Crippen molar-refractivity contribution in [2.75, 3.05) is 44.8 Å². The number of hydrogen-bond donors (Lipinski definition) is 2. The molecule has 0 bridgehead atoms. The smallest absolute Gasteiger partial charge is 0.267 e. The lowest BCUT2D eigenvalue weighted by Crippen LogP contribution is -2.32. The van der Waals surface area contributed by atoms with Gasteiger partial charge < -0.3 is 20.9 Å². The highest BCUT2D eigenvalue weighted by molar-refractivity contribution is 7.18. The van der Waals surface area contributed by atoms with Gasteiger partial charge in [0.1, 0.15) is 10.7 Å². The maximum atomic E-state index is 12.5. The molecule has 1 amide bonds. The highest BCUT2D eigenvalue weighted by Gasteiger charge is 2.27. The predicted octanol–water partition coefficient (Wildman–Crippen LogP) is 1.32. The number of rotatable bonds is 5. The van der Waals surface area contributed by atoms with E-state index in [4.69, 9.17) is 5.73 Å². The van der Waals surface area contributed by atoms with Crippen LogP contribution in [0.25, 0.3) is 0 Å². The van der Waals surface area contributed by atoms with Gasteiger partial charge in [-0.3, -0.25) is 4.79 Å². The second kappa shape index (κ2) is 5.81. The van der Waals surface area contributed by atoms with E-state index in [0.29, 0.717) is 22.7 Å². The highest BCUT2D eigenvalue weighted by atomic mass is 32.1. The van der Waals surface area contributed by atoms with Crippen LogP contribution < -0.4 is 11.1 Å². The third-order valence-electron chi connectivity index (χ3n) is 4.12. The first-order valence-electron chi connectivity index (χ1n) is 7.49. The second-order valence-corrected chi connectivity index (χ2v) is 7.25. The molecule has 2 aliphatic rings. The summed E-state index contributed by atoms with van der Waals surface area (Å²) in [4.78, 5) is 21.4. The van der Waals surface area contributed by atoms with E-state index in [1.807, 2.05) is 7.05 Å². The van der Waals surface area contributed by atoms with Crippen molar-refractivity contribution < 1.29 is 4.79 Å². The molecule has 0 radical (unpaired) electrons. The maximum absolute atomic E-state index is 12.5. The van der Waals surface area contributed by atoms with E-state index >= 15 is 0 Å². The van der Waals surface area contributed by atoms with Crippen LogP contribution >= 0.6 is 11.3 Å². The molecule has 116 valence electrons. The number of carbonyl (C=O) groups is 1. The lowest BCUT2D eigenvalue weighted by atomic mass is 10.1. The SMILES string of the molecule is CN1CCC(CN(C)C(=O)c2sc(NC3CC3)nc2N)C1. The molecule has 1 atom stereocenters. The minimum absolute atomic E-state index is 0.0107. The molecule has 1 aliphatic carbocycles. The van der Waals surface area contributed by atoms with Crippen molar-refractivity contribution in [3.05, 3.63) is 4.88 Å². The van der Waals surface area contributed by atoms with Crippen LogP contribution in [0.3, 0.4) is 0 Å². The van der Waals surface area contributed by atoms with E-state index in [0.717, 1.165) is 31.2 Å². The van der Waals surface area contributed by atoms with Gasteiger partial charge in [-0.15, -0.1) is 0 Å². The number of likely N-dealkylation sites (tertiary alicyclic amines) is 1. The standard InChI is InChI=1S/C14H23N5OS/c1-18-6-5-9(7-18)8-19(2)13(20)11-12(15)17-14(21-11)16-10-3-4-10/h9-10H,3-8,15H2,1-2H3,(H,16,17). The topological polar surface area (TPSA) is 74.5 Å². The summed E-state index contributed by atoms with van der Waals surface area (Å²) >= 11 is 1.37. The van der Waals surface area contributed by atoms with E-state index in [-0.39, 0.29) is 5.91 Å². The number of nitrogens with zero attached hydrogens (tertiary/aromatic N) is 3. The Kier molecular flexibility index (Phi) is 4.03. The van der Waals surface area contributed by atoms with Gasteiger partial charge in [-0.05, 0) is 38.8 Å². The molecule has 2 heterocycles. The number of nitrogens with two attached hydrogens (primary N) is 1. The number of anilines is 2. The summed E-state index contributed by atoms with van der Waals surface area (Å²) in [5, 5.41) is 4.07. The minimum atomic E-state index is -0.0107. The number of thiazole rings is 1. The second-order valence-electron chi connectivity index (χ2n) is 6.25. The molecule has 1 saturated heterocycles. The van der Waals surface area contributed by atoms with Gasteiger partial charge in [0, 0.05) is 26.2 Å². The van der Waals surface area contributed by atoms with E-state index < -0.39 is 0 Å². The van der Waals surface area contributed by atoms with Crippen LogP contribution in [-0.4, -0.2) is 60.5 Å². The van der Waals surface area contributed by atoms with Gasteiger partial charge >= 0.3 is 0 Å². The maximum Gasteiger partial charge on any atom is 0.267 e. The summed E-state index contributed by atoms with van der Waals surface area (Å²) in [7, 11) is 3.98. The predicted molar refractivity (Wildman–Crippen MR) is 85.7 cm³/mol. The van der Waals surface area contributed by atoms with Gasteiger partial charge in [0.15, 0.2) is 5.13 Å². The van der Waals surface area contributed by atoms with Crippen LogP contribution in [0, 0.1) is 5.92 Å². The van der Waals surface area contributed by atoms with Crippen LogP contribution in [0.2, 0.25) is 0 Å². The molecule has 2 fully saturated rings. The summed E-state index contributed by atoms with van der Waals surface area (Å²) in [6.07, 6.45) is 3.51. The molecular formula is C14H23N5OS. The van der Waals surface area contributed by atoms with Crippen molar-refractivity contribution in [1.82, 2.24) is 14.8 Å². The van der Waals surface area contributed by atoms with Crippen molar-refractivity contribution in [2.45, 2.75) is 25.3 Å². The normalized spacial score (nSPS) is 22.5. The molecule has 1 saturated carbocycles. The Morgan fingerprint density at radius 2 is 2.29 bits per heavy atom. The van der Waals surface area contributed by atoms with E-state index in [1.54, 1.807) is 4.90 Å². The van der Waals surface area contributed by atoms with E-state index in [9.17, 15) is 4.79 Å². The van der Waals surface area contributed by atoms with Crippen LogP contribution in [0.15, 0.2) is 0 Å². The molecule has 0 aromatic carbocycles. The zero-order valence-corrected chi connectivity index (χ0v) is 13.4. The van der Waals surface area contributed by atoms with E-state index in [2.05, 4.69) is 22.2 Å². The van der Waals surface area contributed by atoms with Crippen molar-refractivity contribution in [3.8, 4) is 0 Å². The Morgan fingerprint density at radius 3 is 2.90 bits per heavy atom. The summed E-state index contributed by atoms with van der Waals surface area (Å²) in [6, 6.07) is 0.519. The number of carbonyl (C=O) groups excluding carboxylic acids is 1. The van der Waals surface area contributed by atoms with Crippen molar-refractivity contribution in [1.29, 1.82) is 0 Å². The monoisotopic (exact) mass is 309 g/mol. The molecule has 7 heteroatoms. The van der Waals surface area contributed by atoms with Gasteiger partial charge in [0.2, 0.25) is 0 Å². The van der Waals surface area contributed by atoms with Crippen molar-refractivity contribution in [2.24, 2.45) is 5.92 Å². The summed E-state index contributed by atoms with van der Waals surface area (Å²) in [5.74, 6) is 0.897. The number of nitrogen functional groups attached to an aromatic ring is 1. The molecule has 1 unspecified atom stereocenters. The fraction of sp³-hybridized carbons (Fsp3) is 0.714. The minimum Gasteiger partial charge on any atom is -0.382 e. The Balaban J connectivity index is 1.61. The van der Waals surface area contributed by atoms with E-state index in [1.165, 1.54) is 24.2 Å². The lowest BCUT2D eigenvalue weighted by molar-refractivity contribution is 0.0779. The first-order chi connectivity index (χ1) is 10.0. The average Bonchev–Trinajstić information content (AvgIpc) is 3.04. The molecule has 1 aliphatic heterocycles.